The molecule has 0 aliphatic rings. The van der Waals surface area contributed by atoms with Gasteiger partial charge in [0.1, 0.15) is 0 Å². The summed E-state index contributed by atoms with van der Waals surface area (Å²) < 4.78 is 0. The molecule has 0 aliphatic heterocycles. The molecule has 0 spiro atoms. The molecule has 0 aromatic heterocycles. The molecule has 0 heterocycles. The van der Waals surface area contributed by atoms with Crippen molar-refractivity contribution in [3.63, 3.8) is 0 Å². The zero-order valence-electron chi connectivity index (χ0n) is 11.9. The fourth-order valence-corrected chi connectivity index (χ4v) is 1.31. The minimum atomic E-state index is 0. The van der Waals surface area contributed by atoms with Crippen LogP contribution < -0.4 is 0 Å². The Hall–Kier alpha value is -0.0917. The Morgan fingerprint density at radius 1 is 0.688 bits per heavy atom. The molecule has 0 atom stereocenters. The van der Waals surface area contributed by atoms with Gasteiger partial charge in [-0.3, -0.25) is 0 Å². The first-order valence-electron chi connectivity index (χ1n) is 5.50. The van der Waals surface area contributed by atoms with E-state index in [4.69, 9.17) is 0 Å². The maximum atomic E-state index is 3.35. The van der Waals surface area contributed by atoms with Gasteiger partial charge in [0.15, 0.2) is 0 Å². The standard InChI is InChI=1S/C11H15.C4H9.W/c1-7-6-8(2)10(4)11(5)9(7)3;1-4(2)3;/h1-5H3;1-3H3;/q2*-1;+2. The summed E-state index contributed by atoms with van der Waals surface area (Å²) in [5.74, 6) is 1.42. The van der Waals surface area contributed by atoms with Gasteiger partial charge in [0.2, 0.25) is 0 Å². The summed E-state index contributed by atoms with van der Waals surface area (Å²) in [5, 5.41) is 0. The van der Waals surface area contributed by atoms with Crippen molar-refractivity contribution in [2.24, 2.45) is 0 Å². The fourth-order valence-electron chi connectivity index (χ4n) is 1.31. The predicted molar refractivity (Wildman–Crippen MR) is 69.2 cm³/mol. The molecule has 0 fully saturated rings. The molecule has 0 aliphatic carbocycles. The average molecular weight is 388 g/mol. The van der Waals surface area contributed by atoms with Crippen molar-refractivity contribution < 1.29 is 21.1 Å². The summed E-state index contributed by atoms with van der Waals surface area (Å²) in [4.78, 5) is 0. The number of hydrogen-bond acceptors (Lipinski definition) is 0. The van der Waals surface area contributed by atoms with E-state index in [0.717, 1.165) is 0 Å². The van der Waals surface area contributed by atoms with E-state index >= 15 is 0 Å². The van der Waals surface area contributed by atoms with E-state index in [0.29, 0.717) is 0 Å². The first-order valence-corrected chi connectivity index (χ1v) is 5.50. The van der Waals surface area contributed by atoms with E-state index in [1.54, 1.807) is 0 Å². The predicted octanol–water partition coefficient (Wildman–Crippen LogP) is 4.65. The Balaban J connectivity index is 0. The van der Waals surface area contributed by atoms with Crippen molar-refractivity contribution >= 4 is 0 Å². The van der Waals surface area contributed by atoms with Crippen LogP contribution in [0, 0.1) is 46.6 Å². The summed E-state index contributed by atoms with van der Waals surface area (Å²) in [6.07, 6.45) is 0. The Morgan fingerprint density at radius 2 is 0.938 bits per heavy atom. The number of hydrogen-bond donors (Lipinski definition) is 0. The van der Waals surface area contributed by atoms with Crippen molar-refractivity contribution in [3.8, 4) is 0 Å². The molecule has 1 rings (SSSR count). The van der Waals surface area contributed by atoms with E-state index in [1.165, 1.54) is 33.7 Å². The summed E-state index contributed by atoms with van der Waals surface area (Å²) in [7, 11) is 0. The van der Waals surface area contributed by atoms with Crippen LogP contribution in [0.15, 0.2) is 0 Å². The second-order valence-electron chi connectivity index (χ2n) is 4.75. The second-order valence-corrected chi connectivity index (χ2v) is 4.75. The van der Waals surface area contributed by atoms with Gasteiger partial charge in [0.05, 0.1) is 0 Å². The van der Waals surface area contributed by atoms with E-state index in [2.05, 4.69) is 61.5 Å². The van der Waals surface area contributed by atoms with Crippen molar-refractivity contribution in [1.29, 1.82) is 0 Å². The SMILES string of the molecule is C[C-](C)C.Cc1[c-]c(C)c(C)c(C)c1C.[W+2]. The molecule has 1 aromatic rings. The molecule has 0 unspecified atom stereocenters. The Morgan fingerprint density at radius 3 is 1.19 bits per heavy atom. The van der Waals surface area contributed by atoms with Gasteiger partial charge in [-0.15, -0.1) is 0 Å². The van der Waals surface area contributed by atoms with Crippen LogP contribution in [-0.4, -0.2) is 0 Å². The Kier molecular flexibility index (Phi) is 9.21. The summed E-state index contributed by atoms with van der Waals surface area (Å²) >= 11 is 0. The van der Waals surface area contributed by atoms with Crippen LogP contribution in [0.3, 0.4) is 0 Å². The van der Waals surface area contributed by atoms with Gasteiger partial charge in [-0.25, -0.2) is 0 Å². The van der Waals surface area contributed by atoms with Crippen molar-refractivity contribution in [2.75, 3.05) is 0 Å². The molecule has 16 heavy (non-hydrogen) atoms. The van der Waals surface area contributed by atoms with Gasteiger partial charge < -0.3 is 5.92 Å². The third-order valence-corrected chi connectivity index (χ3v) is 2.62. The van der Waals surface area contributed by atoms with Crippen molar-refractivity contribution in [1.82, 2.24) is 0 Å². The van der Waals surface area contributed by atoms with Gasteiger partial charge >= 0.3 is 21.1 Å². The van der Waals surface area contributed by atoms with Crippen LogP contribution in [0.1, 0.15) is 48.6 Å². The molecule has 0 bridgehead atoms. The quantitative estimate of drug-likeness (QED) is 0.568. The third kappa shape index (κ3) is 5.85. The van der Waals surface area contributed by atoms with E-state index in [-0.39, 0.29) is 21.1 Å². The first-order chi connectivity index (χ1) is 6.77. The average Bonchev–Trinajstić information content (AvgIpc) is 2.11. The van der Waals surface area contributed by atoms with E-state index < -0.39 is 0 Å². The molecule has 90 valence electrons. The molecule has 0 amide bonds. The van der Waals surface area contributed by atoms with E-state index in [9.17, 15) is 0 Å². The smallest absolute Gasteiger partial charge is 0.323 e. The Bertz CT molecular complexity index is 296. The normalized spacial score (nSPS) is 9.31. The molecule has 0 saturated heterocycles. The summed E-state index contributed by atoms with van der Waals surface area (Å²) in [6, 6.07) is 3.35. The monoisotopic (exact) mass is 388 g/mol. The molecular weight excluding hydrogens is 364 g/mol. The van der Waals surface area contributed by atoms with Crippen molar-refractivity contribution in [2.45, 2.75) is 55.4 Å². The largest absolute Gasteiger partial charge is 2.00 e. The van der Waals surface area contributed by atoms with Crippen LogP contribution in [0.5, 0.6) is 0 Å². The zero-order valence-corrected chi connectivity index (χ0v) is 14.8. The zero-order chi connectivity index (χ0) is 12.2. The van der Waals surface area contributed by atoms with Gasteiger partial charge in [-0.2, -0.15) is 54.7 Å². The minimum absolute atomic E-state index is 0. The molecule has 0 N–H and O–H groups in total. The van der Waals surface area contributed by atoms with Crippen LogP contribution in [0.25, 0.3) is 0 Å². The van der Waals surface area contributed by atoms with Crippen LogP contribution in [-0.2, 0) is 21.1 Å². The first kappa shape index (κ1) is 18.3. The number of rotatable bonds is 0. The van der Waals surface area contributed by atoms with Crippen molar-refractivity contribution in [3.05, 3.63) is 39.8 Å². The number of benzene rings is 1. The fraction of sp³-hybridized carbons (Fsp3) is 0.533. The number of aryl methyl sites for hydroxylation is 2. The molecule has 0 nitrogen and oxygen atoms in total. The van der Waals surface area contributed by atoms with Crippen LogP contribution >= 0.6 is 0 Å². The van der Waals surface area contributed by atoms with Gasteiger partial charge in [0.25, 0.3) is 0 Å². The second kappa shape index (κ2) is 8.07. The summed E-state index contributed by atoms with van der Waals surface area (Å²) in [5.41, 5.74) is 6.75. The van der Waals surface area contributed by atoms with Gasteiger partial charge in [-0.05, 0) is 0 Å². The molecule has 1 aromatic carbocycles. The van der Waals surface area contributed by atoms with E-state index in [1.807, 2.05) is 0 Å². The topological polar surface area (TPSA) is 0 Å². The maximum Gasteiger partial charge on any atom is 2.00 e. The van der Waals surface area contributed by atoms with Gasteiger partial charge in [-0.1, -0.05) is 34.6 Å². The Labute approximate surface area is 116 Å². The molecular formula is C15H24W. The van der Waals surface area contributed by atoms with Crippen LogP contribution in [0.4, 0.5) is 0 Å². The molecule has 0 radical (unpaired) electrons. The molecule has 0 saturated carbocycles. The molecule has 1 heteroatoms. The maximum absolute atomic E-state index is 3.35. The van der Waals surface area contributed by atoms with Gasteiger partial charge in [0, 0.05) is 0 Å². The third-order valence-electron chi connectivity index (χ3n) is 2.62. The summed E-state index contributed by atoms with van der Waals surface area (Å²) in [6.45, 7) is 17.0. The van der Waals surface area contributed by atoms with Crippen LogP contribution in [0.2, 0.25) is 0 Å². The minimum Gasteiger partial charge on any atom is -0.323 e.